The lowest BCUT2D eigenvalue weighted by Crippen LogP contribution is -2.42. The minimum absolute atomic E-state index is 0.0387. The summed E-state index contributed by atoms with van der Waals surface area (Å²) in [5.74, 6) is -3.98. The van der Waals surface area contributed by atoms with Crippen molar-refractivity contribution in [2.24, 2.45) is 0 Å². The summed E-state index contributed by atoms with van der Waals surface area (Å²) in [5.41, 5.74) is 0. The average Bonchev–Trinajstić information content (AvgIpc) is 2.30. The van der Waals surface area contributed by atoms with E-state index in [1.54, 1.807) is 4.72 Å². The van der Waals surface area contributed by atoms with Crippen LogP contribution in [0.1, 0.15) is 6.42 Å². The van der Waals surface area contributed by atoms with E-state index in [0.717, 1.165) is 12.1 Å². The van der Waals surface area contributed by atoms with Crippen molar-refractivity contribution in [3.05, 3.63) is 28.5 Å². The molecule has 1 aromatic carbocycles. The monoisotopic (exact) mass is 369 g/mol. The van der Waals surface area contributed by atoms with E-state index in [-0.39, 0.29) is 4.47 Å². The van der Waals surface area contributed by atoms with E-state index in [2.05, 4.69) is 15.9 Å². The minimum atomic E-state index is -4.34. The van der Waals surface area contributed by atoms with E-state index in [4.69, 9.17) is 10.2 Å². The van der Waals surface area contributed by atoms with Crippen molar-refractivity contribution in [1.29, 1.82) is 0 Å². The predicted octanol–water partition coefficient (Wildman–Crippen LogP) is 0.794. The highest BCUT2D eigenvalue weighted by molar-refractivity contribution is 9.10. The molecule has 0 fully saturated rings. The van der Waals surface area contributed by atoms with Crippen LogP contribution in [0.3, 0.4) is 0 Å². The highest BCUT2D eigenvalue weighted by Gasteiger charge is 2.27. The Bertz CT molecular complexity index is 647. The number of benzene rings is 1. The number of carbonyl (C=O) groups is 2. The predicted molar refractivity (Wildman–Crippen MR) is 68.1 cm³/mol. The Balaban J connectivity index is 3.06. The van der Waals surface area contributed by atoms with E-state index in [9.17, 15) is 22.4 Å². The molecular formula is C10H9BrFNO6S. The molecule has 1 rings (SSSR count). The maximum atomic E-state index is 13.3. The van der Waals surface area contributed by atoms with Crippen LogP contribution in [0.2, 0.25) is 0 Å². The van der Waals surface area contributed by atoms with Crippen LogP contribution in [-0.2, 0) is 19.6 Å². The molecule has 10 heteroatoms. The molecule has 3 N–H and O–H groups in total. The van der Waals surface area contributed by atoms with Crippen LogP contribution in [0.4, 0.5) is 4.39 Å². The van der Waals surface area contributed by atoms with Gasteiger partial charge in [-0.3, -0.25) is 9.59 Å². The van der Waals surface area contributed by atoms with E-state index in [0.29, 0.717) is 6.07 Å². The van der Waals surface area contributed by atoms with E-state index in [1.807, 2.05) is 0 Å². The number of rotatable bonds is 6. The van der Waals surface area contributed by atoms with Gasteiger partial charge in [0.25, 0.3) is 0 Å². The Morgan fingerprint density at radius 2 is 1.95 bits per heavy atom. The summed E-state index contributed by atoms with van der Waals surface area (Å²) in [4.78, 5) is 20.8. The first-order valence-corrected chi connectivity index (χ1v) is 7.33. The third-order valence-electron chi connectivity index (χ3n) is 2.18. The summed E-state index contributed by atoms with van der Waals surface area (Å²) < 4.78 is 38.7. The van der Waals surface area contributed by atoms with E-state index >= 15 is 0 Å². The van der Waals surface area contributed by atoms with Gasteiger partial charge in [0, 0.05) is 0 Å². The van der Waals surface area contributed by atoms with Crippen molar-refractivity contribution in [1.82, 2.24) is 4.72 Å². The molecule has 0 saturated heterocycles. The Hall–Kier alpha value is -1.52. The number of nitrogens with one attached hydrogen (secondary N) is 1. The fourth-order valence-electron chi connectivity index (χ4n) is 1.25. The lowest BCUT2D eigenvalue weighted by molar-refractivity contribution is -0.145. The molecule has 0 heterocycles. The van der Waals surface area contributed by atoms with Crippen LogP contribution in [0.15, 0.2) is 27.6 Å². The van der Waals surface area contributed by atoms with E-state index in [1.165, 1.54) is 0 Å². The van der Waals surface area contributed by atoms with Crippen molar-refractivity contribution in [3.63, 3.8) is 0 Å². The molecule has 110 valence electrons. The zero-order valence-corrected chi connectivity index (χ0v) is 12.1. The summed E-state index contributed by atoms with van der Waals surface area (Å²) in [6, 6.07) is 1.03. The van der Waals surface area contributed by atoms with Gasteiger partial charge in [0.1, 0.15) is 11.9 Å². The first-order chi connectivity index (χ1) is 9.13. The zero-order valence-electron chi connectivity index (χ0n) is 9.71. The number of carboxylic acid groups (broad SMARTS) is 2. The standard InChI is InChI=1S/C10H9BrFNO6S/c11-6-2-1-5(3-7(6)12)20(18,19)13-8(10(16)17)4-9(14)15/h1-3,8,13H,4H2,(H,14,15)(H,16,17). The number of carboxylic acids is 2. The van der Waals surface area contributed by atoms with Gasteiger partial charge in [0.05, 0.1) is 15.8 Å². The second-order valence-corrected chi connectivity index (χ2v) is 6.25. The van der Waals surface area contributed by atoms with Gasteiger partial charge in [-0.2, -0.15) is 4.72 Å². The second-order valence-electron chi connectivity index (χ2n) is 3.69. The van der Waals surface area contributed by atoms with E-state index < -0.39 is 45.1 Å². The summed E-state index contributed by atoms with van der Waals surface area (Å²) in [6.07, 6.45) is -0.937. The molecule has 0 aliphatic rings. The normalized spacial score (nSPS) is 12.9. The SMILES string of the molecule is O=C(O)CC(NS(=O)(=O)c1ccc(Br)c(F)c1)C(=O)O. The molecule has 1 atom stereocenters. The van der Waals surface area contributed by atoms with Crippen LogP contribution in [-0.4, -0.2) is 36.6 Å². The molecule has 0 spiro atoms. The molecule has 0 saturated carbocycles. The van der Waals surface area contributed by atoms with Crippen molar-refractivity contribution in [3.8, 4) is 0 Å². The molecule has 0 aliphatic carbocycles. The topological polar surface area (TPSA) is 121 Å². The Morgan fingerprint density at radius 3 is 2.40 bits per heavy atom. The molecule has 0 amide bonds. The van der Waals surface area contributed by atoms with Crippen LogP contribution in [0.25, 0.3) is 0 Å². The third-order valence-corrected chi connectivity index (χ3v) is 4.29. The quantitative estimate of drug-likeness (QED) is 0.681. The maximum Gasteiger partial charge on any atom is 0.322 e. The van der Waals surface area contributed by atoms with Crippen LogP contribution >= 0.6 is 15.9 Å². The molecule has 1 unspecified atom stereocenters. The molecule has 0 aromatic heterocycles. The summed E-state index contributed by atoms with van der Waals surface area (Å²) >= 11 is 2.84. The van der Waals surface area contributed by atoms with Gasteiger partial charge in [-0.05, 0) is 34.1 Å². The number of hydrogen-bond acceptors (Lipinski definition) is 4. The Labute approximate surface area is 121 Å². The Morgan fingerprint density at radius 1 is 1.35 bits per heavy atom. The number of halogens is 2. The van der Waals surface area contributed by atoms with Crippen molar-refractivity contribution in [2.75, 3.05) is 0 Å². The largest absolute Gasteiger partial charge is 0.481 e. The highest BCUT2D eigenvalue weighted by atomic mass is 79.9. The Kier molecular flexibility index (Phi) is 5.20. The van der Waals surface area contributed by atoms with Gasteiger partial charge in [0.2, 0.25) is 10.0 Å². The van der Waals surface area contributed by atoms with Gasteiger partial charge in [-0.25, -0.2) is 12.8 Å². The summed E-state index contributed by atoms with van der Waals surface area (Å²) in [5, 5.41) is 17.3. The van der Waals surface area contributed by atoms with Crippen LogP contribution in [0.5, 0.6) is 0 Å². The fraction of sp³-hybridized carbons (Fsp3) is 0.200. The number of hydrogen-bond donors (Lipinski definition) is 3. The molecule has 7 nitrogen and oxygen atoms in total. The summed E-state index contributed by atoms with van der Waals surface area (Å²) in [7, 11) is -4.34. The smallest absolute Gasteiger partial charge is 0.322 e. The molecular weight excluding hydrogens is 361 g/mol. The number of sulfonamides is 1. The van der Waals surface area contributed by atoms with Gasteiger partial charge < -0.3 is 10.2 Å². The fourth-order valence-corrected chi connectivity index (χ4v) is 2.70. The highest BCUT2D eigenvalue weighted by Crippen LogP contribution is 2.19. The maximum absolute atomic E-state index is 13.3. The van der Waals surface area contributed by atoms with Crippen LogP contribution < -0.4 is 4.72 Å². The average molecular weight is 370 g/mol. The first-order valence-electron chi connectivity index (χ1n) is 5.05. The molecule has 0 bridgehead atoms. The zero-order chi connectivity index (χ0) is 15.5. The van der Waals surface area contributed by atoms with Crippen molar-refractivity contribution >= 4 is 37.9 Å². The second kappa shape index (κ2) is 6.29. The van der Waals surface area contributed by atoms with Gasteiger partial charge >= 0.3 is 11.9 Å². The molecule has 1 aromatic rings. The number of aliphatic carboxylic acids is 2. The first kappa shape index (κ1) is 16.5. The van der Waals surface area contributed by atoms with Gasteiger partial charge in [-0.15, -0.1) is 0 Å². The molecule has 0 radical (unpaired) electrons. The summed E-state index contributed by atoms with van der Waals surface area (Å²) in [6.45, 7) is 0. The van der Waals surface area contributed by atoms with Crippen molar-refractivity contribution in [2.45, 2.75) is 17.4 Å². The van der Waals surface area contributed by atoms with Gasteiger partial charge in [-0.1, -0.05) is 0 Å². The lowest BCUT2D eigenvalue weighted by atomic mass is 10.2. The molecule has 0 aliphatic heterocycles. The minimum Gasteiger partial charge on any atom is -0.481 e. The van der Waals surface area contributed by atoms with Crippen molar-refractivity contribution < 1.29 is 32.6 Å². The third kappa shape index (κ3) is 4.25. The lowest BCUT2D eigenvalue weighted by Gasteiger charge is -2.13. The molecule has 20 heavy (non-hydrogen) atoms. The van der Waals surface area contributed by atoms with Crippen LogP contribution in [0, 0.1) is 5.82 Å². The van der Waals surface area contributed by atoms with Gasteiger partial charge in [0.15, 0.2) is 0 Å².